The SMILES string of the molecule is SC1(Sc2nc3ncncc3[nH]2)N=CN=C2N=CN=C21. The summed E-state index contributed by atoms with van der Waals surface area (Å²) in [6, 6.07) is 0. The van der Waals surface area contributed by atoms with Gasteiger partial charge in [-0.1, -0.05) is 0 Å². The number of imidazole rings is 1. The van der Waals surface area contributed by atoms with Crippen molar-refractivity contribution in [3.05, 3.63) is 12.5 Å². The molecule has 0 fully saturated rings. The van der Waals surface area contributed by atoms with Crippen LogP contribution in [0.3, 0.4) is 0 Å². The van der Waals surface area contributed by atoms with Crippen LogP contribution in [0.1, 0.15) is 0 Å². The fourth-order valence-electron chi connectivity index (χ4n) is 1.80. The number of H-pyrrole nitrogens is 1. The van der Waals surface area contributed by atoms with Gasteiger partial charge in [-0.3, -0.25) is 0 Å². The molecule has 0 bridgehead atoms. The molecule has 1 unspecified atom stereocenters. The van der Waals surface area contributed by atoms with Gasteiger partial charge in [0.1, 0.15) is 30.2 Å². The summed E-state index contributed by atoms with van der Waals surface area (Å²) >= 11 is 5.90. The summed E-state index contributed by atoms with van der Waals surface area (Å²) in [6.45, 7) is 0. The normalized spacial score (nSPS) is 23.9. The minimum Gasteiger partial charge on any atom is -0.330 e. The third-order valence-electron chi connectivity index (χ3n) is 2.68. The van der Waals surface area contributed by atoms with Crippen LogP contribution in [0, 0.1) is 0 Å². The van der Waals surface area contributed by atoms with Gasteiger partial charge in [0.05, 0.1) is 6.20 Å². The molecular formula is C10H6N8S2. The first-order valence-corrected chi connectivity index (χ1v) is 6.81. The molecule has 2 aromatic rings. The third-order valence-corrected chi connectivity index (χ3v) is 4.25. The number of aliphatic imine (C=N–C) groups is 4. The largest absolute Gasteiger partial charge is 0.330 e. The van der Waals surface area contributed by atoms with E-state index in [1.165, 1.54) is 30.8 Å². The molecule has 2 aromatic heterocycles. The number of hydrogen-bond acceptors (Lipinski definition) is 9. The van der Waals surface area contributed by atoms with Gasteiger partial charge in [0, 0.05) is 0 Å². The summed E-state index contributed by atoms with van der Waals surface area (Å²) < 4.78 is -0.908. The van der Waals surface area contributed by atoms with Crippen molar-refractivity contribution in [1.29, 1.82) is 0 Å². The molecular weight excluding hydrogens is 296 g/mol. The van der Waals surface area contributed by atoms with E-state index in [2.05, 4.69) is 52.5 Å². The van der Waals surface area contributed by atoms with E-state index in [-0.39, 0.29) is 0 Å². The average Bonchev–Trinajstić information content (AvgIpc) is 3.04. The first kappa shape index (κ1) is 11.7. The van der Waals surface area contributed by atoms with Gasteiger partial charge >= 0.3 is 0 Å². The summed E-state index contributed by atoms with van der Waals surface area (Å²) in [5.41, 5.74) is 1.95. The second-order valence-corrected chi connectivity index (χ2v) is 6.06. The van der Waals surface area contributed by atoms with Gasteiger partial charge in [-0.25, -0.2) is 34.9 Å². The van der Waals surface area contributed by atoms with E-state index in [9.17, 15) is 0 Å². The van der Waals surface area contributed by atoms with Crippen molar-refractivity contribution < 1.29 is 0 Å². The molecule has 20 heavy (non-hydrogen) atoms. The van der Waals surface area contributed by atoms with Crippen molar-refractivity contribution in [2.75, 3.05) is 0 Å². The van der Waals surface area contributed by atoms with Gasteiger partial charge in [-0.05, 0) is 11.8 Å². The zero-order chi connectivity index (χ0) is 13.6. The monoisotopic (exact) mass is 302 g/mol. The van der Waals surface area contributed by atoms with Crippen molar-refractivity contribution in [3.8, 4) is 0 Å². The van der Waals surface area contributed by atoms with E-state index >= 15 is 0 Å². The summed E-state index contributed by atoms with van der Waals surface area (Å²) in [5, 5.41) is 0.628. The average molecular weight is 302 g/mol. The summed E-state index contributed by atoms with van der Waals surface area (Å²) in [5.74, 6) is 0.526. The van der Waals surface area contributed by atoms with Gasteiger partial charge in [0.2, 0.25) is 4.20 Å². The molecule has 4 rings (SSSR count). The Bertz CT molecular complexity index is 787. The molecule has 0 spiro atoms. The van der Waals surface area contributed by atoms with Crippen LogP contribution in [0.4, 0.5) is 0 Å². The maximum atomic E-state index is 4.59. The van der Waals surface area contributed by atoms with Crippen LogP contribution in [0.15, 0.2) is 37.7 Å². The molecule has 98 valence electrons. The van der Waals surface area contributed by atoms with Crippen LogP contribution < -0.4 is 0 Å². The summed E-state index contributed by atoms with van der Waals surface area (Å²) in [4.78, 5) is 32.1. The first-order valence-electron chi connectivity index (χ1n) is 5.54. The number of thiol groups is 1. The molecule has 0 saturated carbocycles. The van der Waals surface area contributed by atoms with E-state index in [4.69, 9.17) is 0 Å². The van der Waals surface area contributed by atoms with Crippen LogP contribution in [-0.2, 0) is 0 Å². The van der Waals surface area contributed by atoms with Crippen LogP contribution in [0.25, 0.3) is 11.2 Å². The fourth-order valence-corrected chi connectivity index (χ4v) is 3.18. The molecule has 2 aliphatic heterocycles. The second kappa shape index (κ2) is 4.21. The Hall–Kier alpha value is -2.07. The number of nitrogens with zero attached hydrogens (tertiary/aromatic N) is 7. The minimum absolute atomic E-state index is 0.526. The van der Waals surface area contributed by atoms with Gasteiger partial charge in [-0.2, -0.15) is 0 Å². The molecule has 4 heterocycles. The van der Waals surface area contributed by atoms with Crippen LogP contribution in [-0.4, -0.2) is 48.4 Å². The van der Waals surface area contributed by atoms with Gasteiger partial charge in [-0.15, -0.1) is 12.6 Å². The first-order chi connectivity index (χ1) is 9.74. The van der Waals surface area contributed by atoms with E-state index in [1.54, 1.807) is 6.20 Å². The standard InChI is InChI=1S/C10H6N8S2/c19-10(6-8(14-3-12-6)15-4-16-10)20-9-17-5-1-11-2-13-7(5)18-9/h1-4,19H,(H,11,13,17,18). The Morgan fingerprint density at radius 3 is 3.10 bits per heavy atom. The molecule has 1 atom stereocenters. The molecule has 0 aliphatic carbocycles. The zero-order valence-corrected chi connectivity index (χ0v) is 11.5. The van der Waals surface area contributed by atoms with Crippen molar-refractivity contribution in [3.63, 3.8) is 0 Å². The molecule has 0 radical (unpaired) electrons. The van der Waals surface area contributed by atoms with Crippen molar-refractivity contribution in [2.24, 2.45) is 20.0 Å². The third kappa shape index (κ3) is 1.76. The lowest BCUT2D eigenvalue weighted by molar-refractivity contribution is 1.05. The molecule has 0 amide bonds. The number of thioether (sulfide) groups is 1. The fraction of sp³-hybridized carbons (Fsp3) is 0.100. The number of aromatic nitrogens is 4. The topological polar surface area (TPSA) is 104 Å². The van der Waals surface area contributed by atoms with E-state index < -0.39 is 4.20 Å². The van der Waals surface area contributed by atoms with Crippen LogP contribution >= 0.6 is 24.4 Å². The quantitative estimate of drug-likeness (QED) is 0.636. The number of hydrogen-bond donors (Lipinski definition) is 2. The van der Waals surface area contributed by atoms with E-state index in [0.29, 0.717) is 22.4 Å². The predicted octanol–water partition coefficient (Wildman–Crippen LogP) is 0.952. The van der Waals surface area contributed by atoms with Gasteiger partial charge < -0.3 is 4.98 Å². The highest BCUT2D eigenvalue weighted by Crippen LogP contribution is 2.40. The molecule has 1 N–H and O–H groups in total. The smallest absolute Gasteiger partial charge is 0.204 e. The Balaban J connectivity index is 1.71. The minimum atomic E-state index is -0.908. The van der Waals surface area contributed by atoms with E-state index in [1.807, 2.05) is 0 Å². The lowest BCUT2D eigenvalue weighted by atomic mass is 10.3. The number of amidine groups is 1. The highest BCUT2D eigenvalue weighted by atomic mass is 32.2. The Morgan fingerprint density at radius 1 is 1.25 bits per heavy atom. The molecule has 10 heteroatoms. The second-order valence-electron chi connectivity index (χ2n) is 3.93. The Morgan fingerprint density at radius 2 is 2.20 bits per heavy atom. The summed E-state index contributed by atoms with van der Waals surface area (Å²) in [7, 11) is 0. The Kier molecular flexibility index (Phi) is 2.47. The van der Waals surface area contributed by atoms with Crippen molar-refractivity contribution in [1.82, 2.24) is 19.9 Å². The molecule has 8 nitrogen and oxygen atoms in total. The highest BCUT2D eigenvalue weighted by Gasteiger charge is 2.40. The van der Waals surface area contributed by atoms with Gasteiger partial charge in [0.15, 0.2) is 16.6 Å². The summed E-state index contributed by atoms with van der Waals surface area (Å²) in [6.07, 6.45) is 5.99. The molecule has 2 aliphatic rings. The Labute approximate surface area is 122 Å². The van der Waals surface area contributed by atoms with Crippen LogP contribution in [0.5, 0.6) is 0 Å². The predicted molar refractivity (Wildman–Crippen MR) is 81.1 cm³/mol. The van der Waals surface area contributed by atoms with E-state index in [0.717, 1.165) is 5.52 Å². The molecule has 0 saturated heterocycles. The maximum absolute atomic E-state index is 4.59. The van der Waals surface area contributed by atoms with Crippen LogP contribution in [0.2, 0.25) is 0 Å². The van der Waals surface area contributed by atoms with Crippen molar-refractivity contribution >= 4 is 59.8 Å². The number of fused-ring (bicyclic) bond motifs is 2. The molecule has 0 aromatic carbocycles. The number of aromatic amines is 1. The highest BCUT2D eigenvalue weighted by molar-refractivity contribution is 8.12. The lowest BCUT2D eigenvalue weighted by Gasteiger charge is -2.23. The lowest BCUT2D eigenvalue weighted by Crippen LogP contribution is -2.34. The zero-order valence-electron chi connectivity index (χ0n) is 9.80. The number of rotatable bonds is 2. The maximum Gasteiger partial charge on any atom is 0.204 e. The number of nitrogens with one attached hydrogen (secondary N) is 1. The van der Waals surface area contributed by atoms with Crippen molar-refractivity contribution in [2.45, 2.75) is 9.36 Å². The van der Waals surface area contributed by atoms with Gasteiger partial charge in [0.25, 0.3) is 0 Å².